The third-order valence-corrected chi connectivity index (χ3v) is 5.92. The summed E-state index contributed by atoms with van der Waals surface area (Å²) in [7, 11) is 0. The molecule has 0 unspecified atom stereocenters. The summed E-state index contributed by atoms with van der Waals surface area (Å²) in [5.74, 6) is -0.155. The second-order valence-electron chi connectivity index (χ2n) is 6.40. The van der Waals surface area contributed by atoms with Crippen LogP contribution in [0.15, 0.2) is 88.5 Å². The summed E-state index contributed by atoms with van der Waals surface area (Å²) in [5, 5.41) is 4.57. The average molecular weight is 434 g/mol. The fourth-order valence-electron chi connectivity index (χ4n) is 2.91. The fraction of sp³-hybridized carbons (Fsp3) is 0.0909. The number of aromatic nitrogens is 4. The van der Waals surface area contributed by atoms with Gasteiger partial charge in [0.2, 0.25) is 0 Å². The van der Waals surface area contributed by atoms with Gasteiger partial charge in [-0.25, -0.2) is 15.0 Å². The van der Waals surface area contributed by atoms with Crippen LogP contribution >= 0.6 is 23.5 Å². The highest BCUT2D eigenvalue weighted by Gasteiger charge is 2.11. The molecule has 0 saturated heterocycles. The van der Waals surface area contributed by atoms with Crippen LogP contribution in [0.4, 0.5) is 5.69 Å². The maximum atomic E-state index is 12.9. The van der Waals surface area contributed by atoms with Crippen molar-refractivity contribution in [3.05, 3.63) is 84.4 Å². The molecule has 0 saturated carbocycles. The molecule has 0 aliphatic carbocycles. The second-order valence-corrected chi connectivity index (χ2v) is 8.21. The van der Waals surface area contributed by atoms with Gasteiger partial charge in [0.1, 0.15) is 0 Å². The van der Waals surface area contributed by atoms with Crippen molar-refractivity contribution < 1.29 is 4.79 Å². The van der Waals surface area contributed by atoms with Gasteiger partial charge in [0.15, 0.2) is 10.3 Å². The molecule has 0 fully saturated rings. The quantitative estimate of drug-likeness (QED) is 0.337. The molecule has 30 heavy (non-hydrogen) atoms. The standard InChI is InChI=1S/C22H19N5OS2/c1-15-13-18(30-21-23-9-4-10-24-21)7-8-19(15)26-20(28)16-5-3-6-17(14-16)27-12-11-25-22(27)29-2/h3-14H,1-2H3,(H,26,28). The van der Waals surface area contributed by atoms with E-state index < -0.39 is 0 Å². The number of amides is 1. The molecule has 0 aliphatic rings. The zero-order valence-electron chi connectivity index (χ0n) is 16.4. The minimum Gasteiger partial charge on any atom is -0.322 e. The number of rotatable bonds is 6. The number of anilines is 1. The number of nitrogens with zero attached hydrogens (tertiary/aromatic N) is 4. The number of hydrogen-bond donors (Lipinski definition) is 1. The predicted molar refractivity (Wildman–Crippen MR) is 121 cm³/mol. The molecule has 6 nitrogen and oxygen atoms in total. The van der Waals surface area contributed by atoms with Crippen LogP contribution in [0, 0.1) is 6.92 Å². The zero-order valence-corrected chi connectivity index (χ0v) is 18.1. The molecule has 0 atom stereocenters. The SMILES string of the molecule is CSc1nccn1-c1cccc(C(=O)Nc2ccc(Sc3ncccn3)cc2C)c1. The van der Waals surface area contributed by atoms with Crippen LogP contribution in [0.2, 0.25) is 0 Å². The average Bonchev–Trinajstić information content (AvgIpc) is 3.25. The topological polar surface area (TPSA) is 72.7 Å². The van der Waals surface area contributed by atoms with Gasteiger partial charge in [-0.1, -0.05) is 17.8 Å². The van der Waals surface area contributed by atoms with Gasteiger partial charge in [0, 0.05) is 46.6 Å². The van der Waals surface area contributed by atoms with Gasteiger partial charge in [-0.05, 0) is 73.0 Å². The van der Waals surface area contributed by atoms with Crippen LogP contribution < -0.4 is 5.32 Å². The first-order valence-corrected chi connectivity index (χ1v) is 11.2. The largest absolute Gasteiger partial charge is 0.322 e. The number of carbonyl (C=O) groups is 1. The minimum absolute atomic E-state index is 0.155. The van der Waals surface area contributed by atoms with Gasteiger partial charge in [0.25, 0.3) is 5.91 Å². The minimum atomic E-state index is -0.155. The zero-order chi connectivity index (χ0) is 20.9. The van der Waals surface area contributed by atoms with E-state index in [2.05, 4.69) is 20.3 Å². The monoisotopic (exact) mass is 433 g/mol. The lowest BCUT2D eigenvalue weighted by atomic mass is 10.1. The van der Waals surface area contributed by atoms with Gasteiger partial charge in [0.05, 0.1) is 0 Å². The molecule has 2 aromatic carbocycles. The van der Waals surface area contributed by atoms with E-state index in [-0.39, 0.29) is 5.91 Å². The second kappa shape index (κ2) is 9.15. The van der Waals surface area contributed by atoms with Crippen molar-refractivity contribution in [3.8, 4) is 5.69 Å². The first-order valence-electron chi connectivity index (χ1n) is 9.18. The predicted octanol–water partition coefficient (Wildman–Crippen LogP) is 5.10. The van der Waals surface area contributed by atoms with Gasteiger partial charge in [-0.15, -0.1) is 0 Å². The summed E-state index contributed by atoms with van der Waals surface area (Å²) in [5.41, 5.74) is 3.23. The highest BCUT2D eigenvalue weighted by atomic mass is 32.2. The van der Waals surface area contributed by atoms with Gasteiger partial charge in [-0.3, -0.25) is 9.36 Å². The smallest absolute Gasteiger partial charge is 0.255 e. The number of benzene rings is 2. The van der Waals surface area contributed by atoms with Crippen molar-refractivity contribution in [2.45, 2.75) is 22.1 Å². The molecule has 150 valence electrons. The lowest BCUT2D eigenvalue weighted by Crippen LogP contribution is -2.13. The molecular formula is C22H19N5OS2. The highest BCUT2D eigenvalue weighted by Crippen LogP contribution is 2.28. The Morgan fingerprint density at radius 2 is 1.83 bits per heavy atom. The molecule has 8 heteroatoms. The van der Waals surface area contributed by atoms with Crippen molar-refractivity contribution in [1.29, 1.82) is 0 Å². The normalized spacial score (nSPS) is 10.7. The maximum Gasteiger partial charge on any atom is 0.255 e. The lowest BCUT2D eigenvalue weighted by Gasteiger charge is -2.11. The van der Waals surface area contributed by atoms with Crippen LogP contribution in [0.25, 0.3) is 5.69 Å². The number of aryl methyl sites for hydroxylation is 1. The maximum absolute atomic E-state index is 12.9. The number of imidazole rings is 1. The van der Waals surface area contributed by atoms with Crippen molar-refractivity contribution in [2.24, 2.45) is 0 Å². The number of nitrogens with one attached hydrogen (secondary N) is 1. The van der Waals surface area contributed by atoms with E-state index in [4.69, 9.17) is 0 Å². The van der Waals surface area contributed by atoms with Gasteiger partial charge >= 0.3 is 0 Å². The Morgan fingerprint density at radius 1 is 1.00 bits per heavy atom. The molecule has 2 heterocycles. The molecule has 4 rings (SSSR count). The Labute approximate surface area is 183 Å². The van der Waals surface area contributed by atoms with E-state index >= 15 is 0 Å². The molecule has 0 spiro atoms. The Kier molecular flexibility index (Phi) is 6.15. The first-order chi connectivity index (χ1) is 14.6. The summed E-state index contributed by atoms with van der Waals surface area (Å²) < 4.78 is 1.96. The Balaban J connectivity index is 1.51. The van der Waals surface area contributed by atoms with Crippen molar-refractivity contribution in [2.75, 3.05) is 11.6 Å². The summed E-state index contributed by atoms with van der Waals surface area (Å²) in [6.07, 6.45) is 9.06. The molecular weight excluding hydrogens is 414 g/mol. The van der Waals surface area contributed by atoms with Gasteiger partial charge in [-0.2, -0.15) is 0 Å². The van der Waals surface area contributed by atoms with Crippen LogP contribution in [0.1, 0.15) is 15.9 Å². The Morgan fingerprint density at radius 3 is 2.60 bits per heavy atom. The molecule has 2 aromatic heterocycles. The first kappa shape index (κ1) is 20.2. The summed E-state index contributed by atoms with van der Waals surface area (Å²) in [6.45, 7) is 1.97. The van der Waals surface area contributed by atoms with E-state index in [1.54, 1.807) is 42.5 Å². The third kappa shape index (κ3) is 4.55. The highest BCUT2D eigenvalue weighted by molar-refractivity contribution is 7.99. The van der Waals surface area contributed by atoms with Crippen LogP contribution in [-0.2, 0) is 0 Å². The van der Waals surface area contributed by atoms with Crippen molar-refractivity contribution >= 4 is 35.1 Å². The molecule has 0 bridgehead atoms. The summed E-state index contributed by atoms with van der Waals surface area (Å²) in [4.78, 5) is 26.6. The van der Waals surface area contributed by atoms with Gasteiger partial charge < -0.3 is 5.32 Å². The third-order valence-electron chi connectivity index (χ3n) is 4.37. The Hall–Kier alpha value is -3.10. The molecule has 1 N–H and O–H groups in total. The van der Waals surface area contributed by atoms with E-state index in [1.807, 2.05) is 60.3 Å². The van der Waals surface area contributed by atoms with E-state index in [1.165, 1.54) is 11.8 Å². The molecule has 4 aromatic rings. The van der Waals surface area contributed by atoms with Crippen molar-refractivity contribution in [3.63, 3.8) is 0 Å². The lowest BCUT2D eigenvalue weighted by molar-refractivity contribution is 0.102. The number of thioether (sulfide) groups is 1. The van der Waals surface area contributed by atoms with Crippen LogP contribution in [0.5, 0.6) is 0 Å². The number of carbonyl (C=O) groups excluding carboxylic acids is 1. The van der Waals surface area contributed by atoms with Crippen molar-refractivity contribution in [1.82, 2.24) is 19.5 Å². The number of hydrogen-bond acceptors (Lipinski definition) is 6. The van der Waals surface area contributed by atoms with E-state index in [0.717, 1.165) is 27.0 Å². The van der Waals surface area contributed by atoms with Crippen LogP contribution in [0.3, 0.4) is 0 Å². The molecule has 0 radical (unpaired) electrons. The summed E-state index contributed by atoms with van der Waals surface area (Å²) >= 11 is 3.04. The molecule has 0 aliphatic heterocycles. The Bertz CT molecular complexity index is 1180. The summed E-state index contributed by atoms with van der Waals surface area (Å²) in [6, 6.07) is 15.2. The van der Waals surface area contributed by atoms with E-state index in [9.17, 15) is 4.79 Å². The molecule has 1 amide bonds. The fourth-order valence-corrected chi connectivity index (χ4v) is 4.25. The van der Waals surface area contributed by atoms with E-state index in [0.29, 0.717) is 10.7 Å². The van der Waals surface area contributed by atoms with Crippen LogP contribution in [-0.4, -0.2) is 31.7 Å².